The van der Waals surface area contributed by atoms with E-state index in [1.165, 1.54) is 0 Å². The Labute approximate surface area is 143 Å². The summed E-state index contributed by atoms with van der Waals surface area (Å²) in [6.07, 6.45) is 3.31. The molecule has 0 radical (unpaired) electrons. The van der Waals surface area contributed by atoms with Crippen molar-refractivity contribution in [1.82, 2.24) is 14.5 Å². The lowest BCUT2D eigenvalue weighted by atomic mass is 10.0. The lowest BCUT2D eigenvalue weighted by Gasteiger charge is -2.30. The lowest BCUT2D eigenvalue weighted by molar-refractivity contribution is -0.00949. The summed E-state index contributed by atoms with van der Waals surface area (Å²) in [7, 11) is 0. The second kappa shape index (κ2) is 6.13. The van der Waals surface area contributed by atoms with E-state index in [0.717, 1.165) is 34.1 Å². The number of imidazole rings is 1. The molecule has 1 saturated heterocycles. The summed E-state index contributed by atoms with van der Waals surface area (Å²) in [4.78, 5) is 9.07. The lowest BCUT2D eigenvalue weighted by Crippen LogP contribution is -2.29. The zero-order valence-electron chi connectivity index (χ0n) is 13.3. The van der Waals surface area contributed by atoms with Crippen LogP contribution in [-0.4, -0.2) is 32.4 Å². The van der Waals surface area contributed by atoms with Crippen molar-refractivity contribution in [3.05, 3.63) is 23.5 Å². The van der Waals surface area contributed by atoms with Crippen LogP contribution in [0.25, 0.3) is 21.3 Å². The van der Waals surface area contributed by atoms with Crippen LogP contribution in [-0.2, 0) is 4.74 Å². The topological polar surface area (TPSA) is 84.0 Å². The number of aliphatic hydroxyl groups excluding tert-OH is 1. The third-order valence-electron chi connectivity index (χ3n) is 4.55. The van der Waals surface area contributed by atoms with Gasteiger partial charge in [-0.25, -0.2) is 4.98 Å². The number of hydrogen-bond donors (Lipinski definition) is 1. The first kappa shape index (κ1) is 15.5. The van der Waals surface area contributed by atoms with Crippen molar-refractivity contribution in [2.24, 2.45) is 0 Å². The summed E-state index contributed by atoms with van der Waals surface area (Å²) in [6, 6.07) is 4.29. The molecule has 1 aliphatic heterocycles. The molecule has 0 bridgehead atoms. The van der Waals surface area contributed by atoms with E-state index in [9.17, 15) is 5.11 Å². The van der Waals surface area contributed by atoms with Gasteiger partial charge in [0.1, 0.15) is 17.4 Å². The number of thiophene rings is 1. The molecule has 4 heterocycles. The maximum atomic E-state index is 10.2. The summed E-state index contributed by atoms with van der Waals surface area (Å²) in [5.41, 5.74) is 2.78. The maximum absolute atomic E-state index is 10.2. The van der Waals surface area contributed by atoms with E-state index in [-0.39, 0.29) is 12.1 Å². The molecule has 1 aliphatic rings. The van der Waals surface area contributed by atoms with Crippen molar-refractivity contribution >= 4 is 32.6 Å². The van der Waals surface area contributed by atoms with Crippen LogP contribution in [0.2, 0.25) is 0 Å². The molecule has 6 nitrogen and oxygen atoms in total. The van der Waals surface area contributed by atoms with Crippen LogP contribution in [0.15, 0.2) is 17.6 Å². The quantitative estimate of drug-likeness (QED) is 0.789. The standard InChI is InChI=1S/C17H18N4O2S/c1-10(22)17-20-14-8-19-13-5-7-24-16(13)15(14)21(17)11-2-3-12(4-6-18)23-9-11/h5,7-8,10-12,22H,2-4,9H2,1H3/t10-,11+,12?/m1/s1. The normalized spacial score (nSPS) is 22.7. The van der Waals surface area contributed by atoms with Gasteiger partial charge in [-0.1, -0.05) is 0 Å². The monoisotopic (exact) mass is 342 g/mol. The minimum atomic E-state index is -0.663. The first-order valence-corrected chi connectivity index (χ1v) is 8.97. The van der Waals surface area contributed by atoms with Gasteiger partial charge in [-0.2, -0.15) is 5.26 Å². The highest BCUT2D eigenvalue weighted by atomic mass is 32.1. The summed E-state index contributed by atoms with van der Waals surface area (Å²) in [5, 5.41) is 21.1. The van der Waals surface area contributed by atoms with Gasteiger partial charge in [-0.05, 0) is 31.2 Å². The molecule has 3 atom stereocenters. The number of nitriles is 1. The predicted molar refractivity (Wildman–Crippen MR) is 91.8 cm³/mol. The zero-order chi connectivity index (χ0) is 16.7. The molecule has 124 valence electrons. The van der Waals surface area contributed by atoms with Crippen LogP contribution < -0.4 is 0 Å². The Bertz CT molecular complexity index is 916. The zero-order valence-corrected chi connectivity index (χ0v) is 14.2. The number of hydrogen-bond acceptors (Lipinski definition) is 6. The smallest absolute Gasteiger partial charge is 0.139 e. The Morgan fingerprint density at radius 2 is 2.38 bits per heavy atom. The molecule has 0 aromatic carbocycles. The molecule has 7 heteroatoms. The Morgan fingerprint density at radius 1 is 1.50 bits per heavy atom. The van der Waals surface area contributed by atoms with Crippen LogP contribution in [0.3, 0.4) is 0 Å². The Hall–Kier alpha value is -2.01. The Kier molecular flexibility index (Phi) is 3.96. The molecule has 3 aromatic rings. The number of ether oxygens (including phenoxy) is 1. The highest BCUT2D eigenvalue weighted by Gasteiger charge is 2.28. The third kappa shape index (κ3) is 2.47. The fourth-order valence-electron chi connectivity index (χ4n) is 3.42. The van der Waals surface area contributed by atoms with Gasteiger partial charge in [0.2, 0.25) is 0 Å². The Balaban J connectivity index is 1.82. The molecular weight excluding hydrogens is 324 g/mol. The van der Waals surface area contributed by atoms with Crippen molar-refractivity contribution in [1.29, 1.82) is 5.26 Å². The molecule has 0 saturated carbocycles. The maximum Gasteiger partial charge on any atom is 0.139 e. The number of fused-ring (bicyclic) bond motifs is 3. The van der Waals surface area contributed by atoms with Crippen LogP contribution in [0.5, 0.6) is 0 Å². The van der Waals surface area contributed by atoms with Gasteiger partial charge in [-0.15, -0.1) is 11.3 Å². The molecule has 0 amide bonds. The summed E-state index contributed by atoms with van der Waals surface area (Å²) >= 11 is 1.64. The van der Waals surface area contributed by atoms with E-state index in [1.54, 1.807) is 24.5 Å². The average Bonchev–Trinajstić information content (AvgIpc) is 3.19. The molecule has 0 spiro atoms. The second-order valence-electron chi connectivity index (χ2n) is 6.19. The van der Waals surface area contributed by atoms with E-state index in [0.29, 0.717) is 18.9 Å². The molecule has 24 heavy (non-hydrogen) atoms. The van der Waals surface area contributed by atoms with Gasteiger partial charge in [0, 0.05) is 0 Å². The van der Waals surface area contributed by atoms with Crippen LogP contribution in [0.4, 0.5) is 0 Å². The predicted octanol–water partition coefficient (Wildman–Crippen LogP) is 3.33. The first-order chi connectivity index (χ1) is 11.7. The van der Waals surface area contributed by atoms with Crippen molar-refractivity contribution in [3.8, 4) is 6.07 Å². The molecular formula is C17H18N4O2S. The van der Waals surface area contributed by atoms with E-state index < -0.39 is 6.10 Å². The molecule has 1 N–H and O–H groups in total. The number of aromatic nitrogens is 3. The largest absolute Gasteiger partial charge is 0.385 e. The van der Waals surface area contributed by atoms with Crippen LogP contribution in [0.1, 0.15) is 44.2 Å². The first-order valence-electron chi connectivity index (χ1n) is 8.09. The summed E-state index contributed by atoms with van der Waals surface area (Å²) < 4.78 is 9.08. The number of nitrogens with zero attached hydrogens (tertiary/aromatic N) is 4. The SMILES string of the molecule is C[C@@H](O)c1nc2cnc3ccsc3c2n1[C@H]1CCC(CC#N)OC1. The highest BCUT2D eigenvalue weighted by molar-refractivity contribution is 7.18. The van der Waals surface area contributed by atoms with Crippen molar-refractivity contribution < 1.29 is 9.84 Å². The average molecular weight is 342 g/mol. The molecule has 1 fully saturated rings. The van der Waals surface area contributed by atoms with Gasteiger partial charge in [-0.3, -0.25) is 4.98 Å². The number of pyridine rings is 1. The van der Waals surface area contributed by atoms with E-state index in [1.807, 2.05) is 11.4 Å². The van der Waals surface area contributed by atoms with E-state index in [2.05, 4.69) is 20.6 Å². The number of rotatable bonds is 3. The fourth-order valence-corrected chi connectivity index (χ4v) is 4.31. The van der Waals surface area contributed by atoms with Crippen LogP contribution >= 0.6 is 11.3 Å². The van der Waals surface area contributed by atoms with Crippen LogP contribution in [0, 0.1) is 11.3 Å². The van der Waals surface area contributed by atoms with Crippen molar-refractivity contribution in [2.75, 3.05) is 6.61 Å². The second-order valence-corrected chi connectivity index (χ2v) is 7.11. The fraction of sp³-hybridized carbons (Fsp3) is 0.471. The molecule has 1 unspecified atom stereocenters. The highest BCUT2D eigenvalue weighted by Crippen LogP contribution is 2.36. The number of aliphatic hydroxyl groups is 1. The van der Waals surface area contributed by atoms with Gasteiger partial charge in [0.15, 0.2) is 0 Å². The van der Waals surface area contributed by atoms with Gasteiger partial charge in [0.25, 0.3) is 0 Å². The van der Waals surface area contributed by atoms with Gasteiger partial charge in [0.05, 0.1) is 53.2 Å². The van der Waals surface area contributed by atoms with Gasteiger partial charge >= 0.3 is 0 Å². The third-order valence-corrected chi connectivity index (χ3v) is 5.47. The minimum absolute atomic E-state index is 0.0134. The Morgan fingerprint density at radius 3 is 3.08 bits per heavy atom. The van der Waals surface area contributed by atoms with Crippen molar-refractivity contribution in [3.63, 3.8) is 0 Å². The molecule has 3 aromatic heterocycles. The molecule has 0 aliphatic carbocycles. The molecule has 4 rings (SSSR count). The minimum Gasteiger partial charge on any atom is -0.385 e. The summed E-state index contributed by atoms with van der Waals surface area (Å²) in [6.45, 7) is 2.27. The van der Waals surface area contributed by atoms with E-state index >= 15 is 0 Å². The van der Waals surface area contributed by atoms with Gasteiger partial charge < -0.3 is 14.4 Å². The van der Waals surface area contributed by atoms with Crippen molar-refractivity contribution in [2.45, 2.75) is 44.4 Å². The summed E-state index contributed by atoms with van der Waals surface area (Å²) in [5.74, 6) is 0.653. The van der Waals surface area contributed by atoms with E-state index in [4.69, 9.17) is 10.00 Å².